The Kier molecular flexibility index (Phi) is 3.26. The lowest BCUT2D eigenvalue weighted by atomic mass is 10.2. The van der Waals surface area contributed by atoms with Crippen LogP contribution in [0.1, 0.15) is 19.4 Å². The molecule has 0 saturated heterocycles. The predicted octanol–water partition coefficient (Wildman–Crippen LogP) is 3.19. The molecule has 1 aromatic carbocycles. The minimum absolute atomic E-state index is 0.945. The van der Waals surface area contributed by atoms with Crippen LogP contribution in [0.2, 0.25) is 0 Å². The third-order valence-electron chi connectivity index (χ3n) is 1.78. The average Bonchev–Trinajstić information content (AvgIpc) is 2.64. The third kappa shape index (κ3) is 1.78. The van der Waals surface area contributed by atoms with Crippen molar-refractivity contribution in [2.24, 2.45) is 0 Å². The molecule has 0 saturated carbocycles. The second kappa shape index (κ2) is 4.45. The van der Waals surface area contributed by atoms with E-state index < -0.39 is 0 Å². The van der Waals surface area contributed by atoms with E-state index in [0.717, 1.165) is 16.5 Å². The van der Waals surface area contributed by atoms with Gasteiger partial charge in [-0.15, -0.1) is 0 Å². The van der Waals surface area contributed by atoms with Crippen LogP contribution in [0, 0.1) is 5.41 Å². The number of para-hydroxylation sites is 1. The van der Waals surface area contributed by atoms with Crippen molar-refractivity contribution < 1.29 is 0 Å². The number of hydrogen-bond donors (Lipinski definition) is 2. The van der Waals surface area contributed by atoms with Gasteiger partial charge in [0.05, 0.1) is 0 Å². The van der Waals surface area contributed by atoms with E-state index in [-0.39, 0.29) is 0 Å². The van der Waals surface area contributed by atoms with E-state index in [1.165, 1.54) is 6.21 Å². The zero-order valence-corrected chi connectivity index (χ0v) is 7.96. The van der Waals surface area contributed by atoms with Gasteiger partial charge in [0.2, 0.25) is 0 Å². The van der Waals surface area contributed by atoms with Gasteiger partial charge in [0.1, 0.15) is 0 Å². The molecule has 0 radical (unpaired) electrons. The molecule has 2 rings (SSSR count). The molecule has 2 aromatic rings. The number of H-pyrrole nitrogens is 1. The standard InChI is InChI=1S/C9H8N2.C2H6/c10-5-7-6-11-9-4-2-1-3-8(7)9;1-2/h1-6,10-11H;1-2H3. The molecule has 0 amide bonds. The minimum Gasteiger partial charge on any atom is -0.361 e. The van der Waals surface area contributed by atoms with Gasteiger partial charge in [-0.05, 0) is 6.07 Å². The van der Waals surface area contributed by atoms with Crippen molar-refractivity contribution in [2.75, 3.05) is 0 Å². The van der Waals surface area contributed by atoms with Crippen LogP contribution in [0.25, 0.3) is 10.9 Å². The van der Waals surface area contributed by atoms with Gasteiger partial charge in [-0.1, -0.05) is 32.0 Å². The van der Waals surface area contributed by atoms with E-state index in [1.54, 1.807) is 0 Å². The highest BCUT2D eigenvalue weighted by Gasteiger charge is 1.97. The maximum atomic E-state index is 7.10. The fourth-order valence-electron chi connectivity index (χ4n) is 1.21. The third-order valence-corrected chi connectivity index (χ3v) is 1.78. The molecule has 1 heterocycles. The molecule has 0 aliphatic heterocycles. The molecular weight excluding hydrogens is 160 g/mol. The normalized spacial score (nSPS) is 9.08. The summed E-state index contributed by atoms with van der Waals surface area (Å²) in [6, 6.07) is 7.96. The summed E-state index contributed by atoms with van der Waals surface area (Å²) in [6.45, 7) is 4.00. The maximum absolute atomic E-state index is 7.10. The minimum atomic E-state index is 0.945. The van der Waals surface area contributed by atoms with E-state index >= 15 is 0 Å². The Morgan fingerprint density at radius 1 is 1.23 bits per heavy atom. The fourth-order valence-corrected chi connectivity index (χ4v) is 1.21. The number of hydrogen-bond acceptors (Lipinski definition) is 1. The highest BCUT2D eigenvalue weighted by molar-refractivity contribution is 5.97. The SMILES string of the molecule is CC.N=Cc1c[nH]c2ccccc12. The summed E-state index contributed by atoms with van der Waals surface area (Å²) in [5.41, 5.74) is 2.03. The van der Waals surface area contributed by atoms with Gasteiger partial charge < -0.3 is 10.4 Å². The zero-order chi connectivity index (χ0) is 9.68. The van der Waals surface area contributed by atoms with Crippen molar-refractivity contribution in [3.8, 4) is 0 Å². The Morgan fingerprint density at radius 3 is 2.62 bits per heavy atom. The van der Waals surface area contributed by atoms with Crippen LogP contribution in [0.5, 0.6) is 0 Å². The quantitative estimate of drug-likeness (QED) is 0.623. The molecule has 13 heavy (non-hydrogen) atoms. The van der Waals surface area contributed by atoms with Crippen LogP contribution < -0.4 is 0 Å². The largest absolute Gasteiger partial charge is 0.361 e. The number of aromatic amines is 1. The molecule has 2 nitrogen and oxygen atoms in total. The van der Waals surface area contributed by atoms with Crippen molar-refractivity contribution in [3.63, 3.8) is 0 Å². The van der Waals surface area contributed by atoms with Crippen molar-refractivity contribution in [1.82, 2.24) is 4.98 Å². The smallest absolute Gasteiger partial charge is 0.0460 e. The summed E-state index contributed by atoms with van der Waals surface area (Å²) >= 11 is 0. The Hall–Kier alpha value is -1.57. The second-order valence-electron chi connectivity index (χ2n) is 2.43. The van der Waals surface area contributed by atoms with Crippen molar-refractivity contribution >= 4 is 17.1 Å². The number of aromatic nitrogens is 1. The molecule has 0 unspecified atom stereocenters. The van der Waals surface area contributed by atoms with Gasteiger partial charge in [0.15, 0.2) is 0 Å². The lowest BCUT2D eigenvalue weighted by molar-refractivity contribution is 1.46. The predicted molar refractivity (Wildman–Crippen MR) is 57.5 cm³/mol. The van der Waals surface area contributed by atoms with Gasteiger partial charge in [-0.25, -0.2) is 0 Å². The molecular formula is C11H14N2. The summed E-state index contributed by atoms with van der Waals surface area (Å²) in [7, 11) is 0. The van der Waals surface area contributed by atoms with Crippen molar-refractivity contribution in [2.45, 2.75) is 13.8 Å². The lowest BCUT2D eigenvalue weighted by Gasteiger charge is -1.87. The summed E-state index contributed by atoms with van der Waals surface area (Å²) in [6.07, 6.45) is 3.20. The molecule has 0 spiro atoms. The van der Waals surface area contributed by atoms with E-state index in [2.05, 4.69) is 4.98 Å². The summed E-state index contributed by atoms with van der Waals surface area (Å²) in [4.78, 5) is 3.09. The Morgan fingerprint density at radius 2 is 1.92 bits per heavy atom. The molecule has 0 aliphatic rings. The maximum Gasteiger partial charge on any atom is 0.0460 e. The topological polar surface area (TPSA) is 39.6 Å². The second-order valence-corrected chi connectivity index (χ2v) is 2.43. The van der Waals surface area contributed by atoms with Crippen molar-refractivity contribution in [3.05, 3.63) is 36.0 Å². The van der Waals surface area contributed by atoms with E-state index in [1.807, 2.05) is 44.3 Å². The van der Waals surface area contributed by atoms with Crippen LogP contribution in [0.4, 0.5) is 0 Å². The fraction of sp³-hybridized carbons (Fsp3) is 0.182. The first-order valence-electron chi connectivity index (χ1n) is 4.48. The van der Waals surface area contributed by atoms with Gasteiger partial charge in [-0.2, -0.15) is 0 Å². The van der Waals surface area contributed by atoms with Crippen LogP contribution >= 0.6 is 0 Å². The van der Waals surface area contributed by atoms with E-state index in [9.17, 15) is 0 Å². The van der Waals surface area contributed by atoms with E-state index in [0.29, 0.717) is 0 Å². The zero-order valence-electron chi connectivity index (χ0n) is 7.96. The molecule has 2 heteroatoms. The monoisotopic (exact) mass is 174 g/mol. The first-order valence-corrected chi connectivity index (χ1v) is 4.48. The molecule has 68 valence electrons. The Balaban J connectivity index is 0.000000396. The lowest BCUT2D eigenvalue weighted by Crippen LogP contribution is -1.72. The molecule has 0 atom stereocenters. The summed E-state index contributed by atoms with van der Waals surface area (Å²) in [5.74, 6) is 0. The number of rotatable bonds is 1. The van der Waals surface area contributed by atoms with E-state index in [4.69, 9.17) is 5.41 Å². The highest BCUT2D eigenvalue weighted by Crippen LogP contribution is 2.14. The number of benzene rings is 1. The van der Waals surface area contributed by atoms with Crippen LogP contribution in [-0.2, 0) is 0 Å². The molecule has 2 N–H and O–H groups in total. The van der Waals surface area contributed by atoms with Gasteiger partial charge >= 0.3 is 0 Å². The molecule has 0 fully saturated rings. The number of nitrogens with one attached hydrogen (secondary N) is 2. The van der Waals surface area contributed by atoms with Gasteiger partial charge in [0.25, 0.3) is 0 Å². The van der Waals surface area contributed by atoms with Gasteiger partial charge in [0, 0.05) is 28.9 Å². The summed E-state index contributed by atoms with van der Waals surface area (Å²) < 4.78 is 0. The Bertz CT molecular complexity index is 388. The first-order chi connectivity index (χ1) is 6.42. The number of fused-ring (bicyclic) bond motifs is 1. The highest BCUT2D eigenvalue weighted by atomic mass is 14.7. The van der Waals surface area contributed by atoms with Gasteiger partial charge in [-0.3, -0.25) is 0 Å². The van der Waals surface area contributed by atoms with Crippen LogP contribution in [0.3, 0.4) is 0 Å². The van der Waals surface area contributed by atoms with Crippen molar-refractivity contribution in [1.29, 1.82) is 5.41 Å². The Labute approximate surface area is 78.1 Å². The average molecular weight is 174 g/mol. The van der Waals surface area contributed by atoms with Crippen LogP contribution in [0.15, 0.2) is 30.5 Å². The molecule has 0 aliphatic carbocycles. The first kappa shape index (κ1) is 9.52. The summed E-state index contributed by atoms with van der Waals surface area (Å²) in [5, 5.41) is 8.21. The van der Waals surface area contributed by atoms with Crippen LogP contribution in [-0.4, -0.2) is 11.2 Å². The molecule has 0 bridgehead atoms. The molecule has 1 aromatic heterocycles.